The van der Waals surface area contributed by atoms with Gasteiger partial charge < -0.3 is 24.8 Å². The molecule has 7 nitrogen and oxygen atoms in total. The molecule has 0 radical (unpaired) electrons. The number of likely N-dealkylation sites (tertiary alicyclic amines) is 1. The van der Waals surface area contributed by atoms with Gasteiger partial charge in [0.05, 0.1) is 38.0 Å². The predicted molar refractivity (Wildman–Crippen MR) is 117 cm³/mol. The van der Waals surface area contributed by atoms with Crippen molar-refractivity contribution in [3.05, 3.63) is 35.9 Å². The molecular weight excluding hydrogens is 380 g/mol. The normalized spacial score (nSPS) is 25.9. The molecule has 1 aliphatic carbocycles. The molecule has 4 rings (SSSR count). The molecule has 1 aromatic carbocycles. The standard InChI is InChI=1S/C23H36N4O3/c1-2-24-23(25-12-20(28)17-29-16-19-8-9-19)27-14-21-22(15-27)30-11-10-26(21)13-18-6-4-3-5-7-18/h3-7,19-22,28H,2,8-17H2,1H3,(H,24,25). The Hall–Kier alpha value is -1.67. The quantitative estimate of drug-likeness (QED) is 0.468. The van der Waals surface area contributed by atoms with Gasteiger partial charge in [0, 0.05) is 39.3 Å². The fourth-order valence-corrected chi connectivity index (χ4v) is 4.27. The first-order chi connectivity index (χ1) is 14.7. The number of rotatable bonds is 9. The molecule has 3 atom stereocenters. The number of morpholine rings is 1. The average Bonchev–Trinajstić information content (AvgIpc) is 3.47. The monoisotopic (exact) mass is 416 g/mol. The molecule has 166 valence electrons. The molecule has 30 heavy (non-hydrogen) atoms. The Kier molecular flexibility index (Phi) is 7.60. The van der Waals surface area contributed by atoms with Gasteiger partial charge in [0.2, 0.25) is 0 Å². The third kappa shape index (κ3) is 5.94. The van der Waals surface area contributed by atoms with E-state index in [0.717, 1.165) is 51.9 Å². The molecular formula is C23H36N4O3. The number of nitrogens with zero attached hydrogens (tertiary/aromatic N) is 3. The van der Waals surface area contributed by atoms with Crippen LogP contribution in [0.4, 0.5) is 0 Å². The minimum Gasteiger partial charge on any atom is -0.389 e. The second-order valence-electron chi connectivity index (χ2n) is 8.67. The number of aliphatic imine (C=N–C) groups is 1. The number of hydrogen-bond acceptors (Lipinski definition) is 5. The smallest absolute Gasteiger partial charge is 0.194 e. The summed E-state index contributed by atoms with van der Waals surface area (Å²) in [5.41, 5.74) is 1.34. The molecule has 1 saturated carbocycles. The SMILES string of the molecule is CCNC(=NCC(O)COCC1CC1)N1CC2OCCN(Cc3ccccc3)C2C1. The molecule has 0 bridgehead atoms. The van der Waals surface area contributed by atoms with Crippen molar-refractivity contribution in [2.75, 3.05) is 52.5 Å². The first-order valence-corrected chi connectivity index (χ1v) is 11.4. The van der Waals surface area contributed by atoms with Crippen LogP contribution in [-0.2, 0) is 16.0 Å². The molecule has 7 heteroatoms. The van der Waals surface area contributed by atoms with Crippen LogP contribution in [-0.4, -0.2) is 91.7 Å². The highest BCUT2D eigenvalue weighted by molar-refractivity contribution is 5.80. The van der Waals surface area contributed by atoms with Crippen LogP contribution in [0, 0.1) is 5.92 Å². The summed E-state index contributed by atoms with van der Waals surface area (Å²) in [6.07, 6.45) is 2.16. The number of aliphatic hydroxyl groups is 1. The number of guanidine groups is 1. The molecule has 2 N–H and O–H groups in total. The van der Waals surface area contributed by atoms with Gasteiger partial charge in [0.15, 0.2) is 5.96 Å². The highest BCUT2D eigenvalue weighted by Gasteiger charge is 2.41. The molecule has 0 aromatic heterocycles. The van der Waals surface area contributed by atoms with E-state index in [1.54, 1.807) is 0 Å². The minimum absolute atomic E-state index is 0.193. The van der Waals surface area contributed by atoms with E-state index in [2.05, 4.69) is 52.4 Å². The molecule has 3 aliphatic rings. The summed E-state index contributed by atoms with van der Waals surface area (Å²) in [6, 6.07) is 11.0. The minimum atomic E-state index is -0.562. The van der Waals surface area contributed by atoms with E-state index in [-0.39, 0.29) is 6.10 Å². The summed E-state index contributed by atoms with van der Waals surface area (Å²) >= 11 is 0. The van der Waals surface area contributed by atoms with Crippen LogP contribution in [0.5, 0.6) is 0 Å². The third-order valence-electron chi connectivity index (χ3n) is 6.09. The summed E-state index contributed by atoms with van der Waals surface area (Å²) in [7, 11) is 0. The molecule has 2 heterocycles. The maximum atomic E-state index is 10.2. The van der Waals surface area contributed by atoms with Crippen molar-refractivity contribution in [3.8, 4) is 0 Å². The van der Waals surface area contributed by atoms with Gasteiger partial charge in [-0.25, -0.2) is 0 Å². The highest BCUT2D eigenvalue weighted by Crippen LogP contribution is 2.28. The van der Waals surface area contributed by atoms with Gasteiger partial charge in [-0.1, -0.05) is 30.3 Å². The largest absolute Gasteiger partial charge is 0.389 e. The number of nitrogens with one attached hydrogen (secondary N) is 1. The van der Waals surface area contributed by atoms with Gasteiger partial charge in [-0.15, -0.1) is 0 Å². The summed E-state index contributed by atoms with van der Waals surface area (Å²) in [6.45, 7) is 8.75. The molecule has 3 fully saturated rings. The summed E-state index contributed by atoms with van der Waals surface area (Å²) in [4.78, 5) is 9.52. The molecule has 2 saturated heterocycles. The molecule has 3 unspecified atom stereocenters. The van der Waals surface area contributed by atoms with Crippen LogP contribution in [0.25, 0.3) is 0 Å². The molecule has 2 aliphatic heterocycles. The third-order valence-corrected chi connectivity index (χ3v) is 6.09. The zero-order valence-electron chi connectivity index (χ0n) is 18.1. The Morgan fingerprint density at radius 2 is 2.13 bits per heavy atom. The second-order valence-corrected chi connectivity index (χ2v) is 8.67. The molecule has 0 amide bonds. The fourth-order valence-electron chi connectivity index (χ4n) is 4.27. The van der Waals surface area contributed by atoms with Crippen LogP contribution < -0.4 is 5.32 Å². The molecule has 0 spiro atoms. The van der Waals surface area contributed by atoms with E-state index in [4.69, 9.17) is 14.5 Å². The van der Waals surface area contributed by atoms with Gasteiger partial charge in [-0.3, -0.25) is 9.89 Å². The highest BCUT2D eigenvalue weighted by atomic mass is 16.5. The fraction of sp³-hybridized carbons (Fsp3) is 0.696. The second kappa shape index (κ2) is 10.6. The maximum Gasteiger partial charge on any atom is 0.194 e. The van der Waals surface area contributed by atoms with Crippen molar-refractivity contribution >= 4 is 5.96 Å². The predicted octanol–water partition coefficient (Wildman–Crippen LogP) is 1.32. The summed E-state index contributed by atoms with van der Waals surface area (Å²) in [5, 5.41) is 13.6. The number of aliphatic hydroxyl groups excluding tert-OH is 1. The zero-order valence-corrected chi connectivity index (χ0v) is 18.1. The van der Waals surface area contributed by atoms with Crippen molar-refractivity contribution < 1.29 is 14.6 Å². The van der Waals surface area contributed by atoms with Gasteiger partial charge in [0.25, 0.3) is 0 Å². The Morgan fingerprint density at radius 3 is 2.90 bits per heavy atom. The van der Waals surface area contributed by atoms with Crippen molar-refractivity contribution in [2.24, 2.45) is 10.9 Å². The van der Waals surface area contributed by atoms with E-state index in [1.807, 2.05) is 0 Å². The number of ether oxygens (including phenoxy) is 2. The van der Waals surface area contributed by atoms with E-state index in [1.165, 1.54) is 18.4 Å². The van der Waals surface area contributed by atoms with Crippen molar-refractivity contribution in [1.29, 1.82) is 0 Å². The lowest BCUT2D eigenvalue weighted by atomic mass is 10.1. The van der Waals surface area contributed by atoms with Crippen molar-refractivity contribution in [2.45, 2.75) is 44.6 Å². The maximum absolute atomic E-state index is 10.2. The average molecular weight is 417 g/mol. The van der Waals surface area contributed by atoms with Crippen LogP contribution in [0.3, 0.4) is 0 Å². The topological polar surface area (TPSA) is 69.6 Å². The van der Waals surface area contributed by atoms with Crippen molar-refractivity contribution in [1.82, 2.24) is 15.1 Å². The number of hydrogen-bond donors (Lipinski definition) is 2. The lowest BCUT2D eigenvalue weighted by Gasteiger charge is -2.36. The van der Waals surface area contributed by atoms with Gasteiger partial charge in [-0.05, 0) is 31.2 Å². The van der Waals surface area contributed by atoms with Crippen LogP contribution in [0.1, 0.15) is 25.3 Å². The number of benzene rings is 1. The first kappa shape index (κ1) is 21.6. The van der Waals surface area contributed by atoms with Crippen LogP contribution >= 0.6 is 0 Å². The Bertz CT molecular complexity index is 682. The lowest BCUT2D eigenvalue weighted by Crippen LogP contribution is -2.50. The van der Waals surface area contributed by atoms with Crippen molar-refractivity contribution in [3.63, 3.8) is 0 Å². The van der Waals surface area contributed by atoms with E-state index in [0.29, 0.717) is 25.1 Å². The number of fused-ring (bicyclic) bond motifs is 1. The van der Waals surface area contributed by atoms with Gasteiger partial charge >= 0.3 is 0 Å². The Morgan fingerprint density at radius 1 is 1.30 bits per heavy atom. The van der Waals surface area contributed by atoms with Crippen LogP contribution in [0.2, 0.25) is 0 Å². The van der Waals surface area contributed by atoms with Gasteiger partial charge in [-0.2, -0.15) is 0 Å². The van der Waals surface area contributed by atoms with Gasteiger partial charge in [0.1, 0.15) is 0 Å². The first-order valence-electron chi connectivity index (χ1n) is 11.4. The zero-order chi connectivity index (χ0) is 20.8. The summed E-state index contributed by atoms with van der Waals surface area (Å²) in [5.74, 6) is 1.57. The molecule has 1 aromatic rings. The van der Waals surface area contributed by atoms with E-state index >= 15 is 0 Å². The van der Waals surface area contributed by atoms with Crippen LogP contribution in [0.15, 0.2) is 35.3 Å². The Labute approximate surface area is 180 Å². The summed E-state index contributed by atoms with van der Waals surface area (Å²) < 4.78 is 11.7. The lowest BCUT2D eigenvalue weighted by molar-refractivity contribution is -0.0502. The van der Waals surface area contributed by atoms with E-state index in [9.17, 15) is 5.11 Å². The van der Waals surface area contributed by atoms with E-state index < -0.39 is 6.10 Å². The Balaban J connectivity index is 1.33.